The Balaban J connectivity index is 0.777. The Morgan fingerprint density at radius 2 is 1.65 bits per heavy atom. The number of unbranched alkanes of at least 4 members (excludes halogenated alkanes) is 4. The molecule has 5 aromatic rings. The molecule has 1 fully saturated rings. The Labute approximate surface area is 478 Å². The van der Waals surface area contributed by atoms with Crippen molar-refractivity contribution in [2.75, 3.05) is 24.7 Å². The fraction of sp³-hybridized carbons (Fsp3) is 0.466. The number of hydrogen-bond acceptors (Lipinski definition) is 13. The summed E-state index contributed by atoms with van der Waals surface area (Å²) in [6.07, 6.45) is 3.91. The molecule has 22 nitrogen and oxygen atoms in total. The van der Waals surface area contributed by atoms with E-state index in [4.69, 9.17) is 10.5 Å². The molecule has 0 aliphatic carbocycles. The number of nitrogens with one attached hydrogen (secondary N) is 5. The first-order chi connectivity index (χ1) is 39.0. The van der Waals surface area contributed by atoms with Crippen LogP contribution in [0.3, 0.4) is 0 Å². The number of carbonyl (C=O) groups is 8. The second-order valence-corrected chi connectivity index (χ2v) is 24.8. The maximum atomic E-state index is 14.5. The standard InChI is InChI=1S/C58H72N9O13PS/c1-33-50(82-32-61-33)36-16-14-34(15-17-36)29-60-53(72)45-28-41(68)30-66(45)56(75)51(58(2,3)4)65-48(70)13-8-6-5-7-9-24-80-31-40(20-23-47(59)69)62-54(73)46-27-37-12-10-11-35-18-22-43(55(74)67(46)49(35)37)64-52(71)44-26-39-25-38(19-21-42(39)63-44)57(76)81(77,78)79/h10-12,14-17,19,21,25-26,32,40-41,43,45-46,51,63,68H,5-9,13,18,20,22-24,27-31H2,1-4H3,(H2,59,69)(H,60,72)(H,62,73)(H,64,71)(H,65,70)(H2,77,78,79)/t40-,41+,43-,45-,46-,51+/m0/s1. The molecule has 438 valence electrons. The van der Waals surface area contributed by atoms with Gasteiger partial charge in [0, 0.05) is 61.8 Å². The number of likely N-dealkylation sites (tertiary alicyclic amines) is 1. The number of H-pyrrole nitrogens is 1. The number of anilines is 1. The third-order valence-corrected chi connectivity index (χ3v) is 17.0. The van der Waals surface area contributed by atoms with Gasteiger partial charge in [0.2, 0.25) is 35.4 Å². The quantitative estimate of drug-likeness (QED) is 0.0279. The second kappa shape index (κ2) is 26.4. The largest absolute Gasteiger partial charge is 0.396 e. The molecule has 5 heterocycles. The molecule has 0 bridgehead atoms. The molecule has 82 heavy (non-hydrogen) atoms. The Hall–Kier alpha value is -7.14. The summed E-state index contributed by atoms with van der Waals surface area (Å²) in [6, 6.07) is 14.2. The molecule has 6 atom stereocenters. The van der Waals surface area contributed by atoms with Crippen LogP contribution in [0.25, 0.3) is 21.3 Å². The lowest BCUT2D eigenvalue weighted by Gasteiger charge is -2.35. The number of para-hydroxylation sites is 1. The van der Waals surface area contributed by atoms with Gasteiger partial charge in [-0.15, -0.1) is 11.3 Å². The summed E-state index contributed by atoms with van der Waals surface area (Å²) in [4.78, 5) is 137. The van der Waals surface area contributed by atoms with Crippen LogP contribution in [0.5, 0.6) is 0 Å². The summed E-state index contributed by atoms with van der Waals surface area (Å²) in [5, 5.41) is 22.6. The lowest BCUT2D eigenvalue weighted by molar-refractivity contribution is -0.144. The maximum Gasteiger partial charge on any atom is 0.396 e. The van der Waals surface area contributed by atoms with Crippen molar-refractivity contribution in [2.45, 2.75) is 148 Å². The molecule has 8 rings (SSSR count). The van der Waals surface area contributed by atoms with Gasteiger partial charge in [-0.2, -0.15) is 0 Å². The van der Waals surface area contributed by atoms with E-state index in [1.54, 1.807) is 16.8 Å². The highest BCUT2D eigenvalue weighted by Crippen LogP contribution is 2.41. The van der Waals surface area contributed by atoms with Crippen molar-refractivity contribution >= 4 is 82.4 Å². The summed E-state index contributed by atoms with van der Waals surface area (Å²) in [6.45, 7) is 8.10. The first kappa shape index (κ1) is 60.9. The number of thiazole rings is 1. The van der Waals surface area contributed by atoms with E-state index in [1.807, 2.05) is 70.2 Å². The number of primary amides is 1. The van der Waals surface area contributed by atoms with Crippen LogP contribution in [0.1, 0.15) is 128 Å². The molecule has 0 radical (unpaired) electrons. The monoisotopic (exact) mass is 1170 g/mol. The van der Waals surface area contributed by atoms with E-state index in [2.05, 4.69) is 31.2 Å². The summed E-state index contributed by atoms with van der Waals surface area (Å²) >= 11 is 1.56. The van der Waals surface area contributed by atoms with Gasteiger partial charge < -0.3 is 56.5 Å². The number of carbonyl (C=O) groups excluding carboxylic acids is 8. The van der Waals surface area contributed by atoms with Gasteiger partial charge in [-0.3, -0.25) is 47.8 Å². The number of aliphatic hydroxyl groups is 1. The smallest absolute Gasteiger partial charge is 0.391 e. The second-order valence-electron chi connectivity index (χ2n) is 22.5. The first-order valence-electron chi connectivity index (χ1n) is 27.7. The lowest BCUT2D eigenvalue weighted by atomic mass is 9.85. The molecule has 3 aliphatic heterocycles. The Morgan fingerprint density at radius 1 is 0.915 bits per heavy atom. The van der Waals surface area contributed by atoms with Crippen molar-refractivity contribution in [3.63, 3.8) is 0 Å². The van der Waals surface area contributed by atoms with E-state index >= 15 is 0 Å². The van der Waals surface area contributed by atoms with Gasteiger partial charge in [0.15, 0.2) is 0 Å². The molecule has 0 unspecified atom stereocenters. The zero-order valence-electron chi connectivity index (χ0n) is 46.4. The lowest BCUT2D eigenvalue weighted by Crippen LogP contribution is -2.57. The van der Waals surface area contributed by atoms with Crippen molar-refractivity contribution in [3.05, 3.63) is 106 Å². The van der Waals surface area contributed by atoms with Gasteiger partial charge in [0.05, 0.1) is 40.5 Å². The normalized spacial score (nSPS) is 18.6. The number of β-amino-alcohol motifs (C(OH)–C–C–N with tert-alkyl or cyclic N) is 1. The Kier molecular flexibility index (Phi) is 19.6. The number of aromatic amines is 1. The van der Waals surface area contributed by atoms with E-state index in [0.29, 0.717) is 42.5 Å². The highest BCUT2D eigenvalue weighted by atomic mass is 32.1. The number of aliphatic hydroxyl groups excluding tert-OH is 1. The summed E-state index contributed by atoms with van der Waals surface area (Å²) in [5.74, 6) is -3.29. The average molecular weight is 1170 g/mol. The molecule has 3 aromatic carbocycles. The number of amides is 7. The van der Waals surface area contributed by atoms with E-state index < -0.39 is 84.4 Å². The van der Waals surface area contributed by atoms with E-state index in [0.717, 1.165) is 52.1 Å². The molecule has 3 aliphatic rings. The van der Waals surface area contributed by atoms with E-state index in [1.165, 1.54) is 34.1 Å². The number of aryl methyl sites for hydroxylation is 2. The van der Waals surface area contributed by atoms with Crippen molar-refractivity contribution in [3.8, 4) is 10.4 Å². The third kappa shape index (κ3) is 14.9. The van der Waals surface area contributed by atoms with Crippen molar-refractivity contribution < 1.29 is 62.6 Å². The van der Waals surface area contributed by atoms with Crippen LogP contribution in [-0.4, -0.2) is 133 Å². The predicted molar refractivity (Wildman–Crippen MR) is 306 cm³/mol. The number of nitrogens with zero attached hydrogens (tertiary/aromatic N) is 3. The number of fused-ring (bicyclic) bond motifs is 1. The Bertz CT molecular complexity index is 3260. The zero-order valence-corrected chi connectivity index (χ0v) is 48.1. The van der Waals surface area contributed by atoms with Crippen LogP contribution >= 0.6 is 18.9 Å². The SMILES string of the molecule is Cc1ncsc1-c1ccc(CNC(=O)[C@@H]2C[C@@H](O)CN2C(=O)[C@@H](NC(=O)CCCCCCCOC[C@H](CCC(N)=O)NC(=O)[C@@H]2Cc3cccc4c3N2C(=O)[C@@H](NC(=O)c2cc3cc(C(=O)P(=O)(O)O)ccc3[nH]2)CC4)C(C)(C)C)cc1. The number of nitrogens with two attached hydrogens (primary N) is 1. The van der Waals surface area contributed by atoms with Crippen LogP contribution in [0.4, 0.5) is 5.69 Å². The summed E-state index contributed by atoms with van der Waals surface area (Å²) < 4.78 is 17.6. The average Bonchev–Trinajstić information content (AvgIpc) is 3.91. The minimum absolute atomic E-state index is 0.0291. The van der Waals surface area contributed by atoms with E-state index in [9.17, 15) is 57.8 Å². The summed E-state index contributed by atoms with van der Waals surface area (Å²) in [7, 11) is -5.05. The fourth-order valence-electron chi connectivity index (χ4n) is 10.8. The van der Waals surface area contributed by atoms with Gasteiger partial charge >= 0.3 is 7.60 Å². The van der Waals surface area contributed by atoms with Gasteiger partial charge in [0.1, 0.15) is 29.9 Å². The van der Waals surface area contributed by atoms with Crippen molar-refractivity contribution in [1.82, 2.24) is 36.1 Å². The van der Waals surface area contributed by atoms with Gasteiger partial charge in [0.25, 0.3) is 11.4 Å². The van der Waals surface area contributed by atoms with Gasteiger partial charge in [-0.1, -0.05) is 82.5 Å². The molecule has 10 N–H and O–H groups in total. The minimum atomic E-state index is -5.05. The molecule has 0 saturated carbocycles. The predicted octanol–water partition coefficient (Wildman–Crippen LogP) is 4.84. The molecular weight excluding hydrogens is 1090 g/mol. The van der Waals surface area contributed by atoms with Crippen LogP contribution in [0.15, 0.2) is 72.2 Å². The Morgan fingerprint density at radius 3 is 2.35 bits per heavy atom. The number of benzene rings is 3. The van der Waals surface area contributed by atoms with Crippen LogP contribution in [0, 0.1) is 12.3 Å². The van der Waals surface area contributed by atoms with Crippen LogP contribution < -0.4 is 31.9 Å². The highest BCUT2D eigenvalue weighted by Gasteiger charge is 2.46. The molecule has 2 aromatic heterocycles. The van der Waals surface area contributed by atoms with E-state index in [-0.39, 0.29) is 81.3 Å². The van der Waals surface area contributed by atoms with Crippen LogP contribution in [-0.2, 0) is 57.5 Å². The van der Waals surface area contributed by atoms with Gasteiger partial charge in [-0.05, 0) is 91.0 Å². The molecule has 1 saturated heterocycles. The van der Waals surface area contributed by atoms with Crippen molar-refractivity contribution in [1.29, 1.82) is 0 Å². The number of ether oxygens (including phenoxy) is 1. The minimum Gasteiger partial charge on any atom is -0.391 e. The zero-order chi connectivity index (χ0) is 59.0. The van der Waals surface area contributed by atoms with Gasteiger partial charge in [-0.25, -0.2) is 4.98 Å². The first-order valence-corrected chi connectivity index (χ1v) is 30.1. The molecular formula is C58H72N9O13PS. The third-order valence-electron chi connectivity index (χ3n) is 15.2. The number of aromatic nitrogens is 2. The maximum absolute atomic E-state index is 14.5. The molecule has 7 amide bonds. The highest BCUT2D eigenvalue weighted by molar-refractivity contribution is 7.70. The topological polar surface area (TPSA) is 333 Å². The van der Waals surface area contributed by atoms with Crippen LogP contribution in [0.2, 0.25) is 0 Å². The molecule has 0 spiro atoms. The number of hydrogen-bond donors (Lipinski definition) is 9. The van der Waals surface area contributed by atoms with Crippen molar-refractivity contribution in [2.24, 2.45) is 11.1 Å². The fourth-order valence-corrected chi connectivity index (χ4v) is 12.1. The molecule has 24 heteroatoms. The summed E-state index contributed by atoms with van der Waals surface area (Å²) in [5.41, 5.74) is 10.6. The number of rotatable bonds is 25.